The Kier molecular flexibility index (Phi) is 4.99. The molecule has 3 N–H and O–H groups in total. The van der Waals surface area contributed by atoms with Gasteiger partial charge in [0.05, 0.1) is 6.10 Å². The minimum Gasteiger partial charge on any atom is -0.393 e. The summed E-state index contributed by atoms with van der Waals surface area (Å²) < 4.78 is 0. The molecule has 4 aliphatic carbocycles. The second-order valence-corrected chi connectivity index (χ2v) is 10.7. The van der Waals surface area contributed by atoms with Crippen LogP contribution in [-0.2, 0) is 0 Å². The second-order valence-electron chi connectivity index (χ2n) is 10.7. The Labute approximate surface area is 155 Å². The fourth-order valence-corrected chi connectivity index (χ4v) is 8.35. The summed E-state index contributed by atoms with van der Waals surface area (Å²) in [5.41, 5.74) is 6.88. The zero-order chi connectivity index (χ0) is 17.7. The van der Waals surface area contributed by atoms with Gasteiger partial charge in [-0.2, -0.15) is 0 Å². The van der Waals surface area contributed by atoms with Crippen molar-refractivity contribution >= 4 is 0 Å². The Balaban J connectivity index is 1.50. The average Bonchev–Trinajstić information content (AvgIpc) is 2.92. The van der Waals surface area contributed by atoms with Gasteiger partial charge in [-0.25, -0.2) is 0 Å². The highest BCUT2D eigenvalue weighted by atomic mass is 16.3. The van der Waals surface area contributed by atoms with E-state index in [1.165, 1.54) is 64.2 Å². The van der Waals surface area contributed by atoms with Crippen LogP contribution in [0, 0.1) is 40.4 Å². The average molecular weight is 348 g/mol. The van der Waals surface area contributed by atoms with Crippen LogP contribution >= 0.6 is 0 Å². The molecule has 0 amide bonds. The van der Waals surface area contributed by atoms with Crippen LogP contribution in [0.1, 0.15) is 90.9 Å². The van der Waals surface area contributed by atoms with Crippen molar-refractivity contribution in [1.29, 1.82) is 0 Å². The number of unbranched alkanes of at least 4 members (excludes halogenated alkanes) is 1. The number of nitrogens with two attached hydrogens (primary N) is 1. The molecule has 0 spiro atoms. The molecule has 0 radical (unpaired) electrons. The lowest BCUT2D eigenvalue weighted by molar-refractivity contribution is -0.127. The lowest BCUT2D eigenvalue weighted by Gasteiger charge is -2.61. The van der Waals surface area contributed by atoms with E-state index in [4.69, 9.17) is 5.73 Å². The fourth-order valence-electron chi connectivity index (χ4n) is 8.35. The predicted molar refractivity (Wildman–Crippen MR) is 104 cm³/mol. The summed E-state index contributed by atoms with van der Waals surface area (Å²) >= 11 is 0. The lowest BCUT2D eigenvalue weighted by atomic mass is 9.44. The Hall–Kier alpha value is -0.0800. The van der Waals surface area contributed by atoms with Crippen molar-refractivity contribution in [2.24, 2.45) is 46.2 Å². The molecule has 0 aliphatic heterocycles. The summed E-state index contributed by atoms with van der Waals surface area (Å²) in [6.45, 7) is 6.13. The molecular weight excluding hydrogens is 306 g/mol. The number of hydrogen-bond donors (Lipinski definition) is 2. The quantitative estimate of drug-likeness (QED) is 0.692. The van der Waals surface area contributed by atoms with Gasteiger partial charge < -0.3 is 10.8 Å². The maximum absolute atomic E-state index is 10.2. The maximum Gasteiger partial charge on any atom is 0.0543 e. The fraction of sp³-hybridized carbons (Fsp3) is 1.00. The van der Waals surface area contributed by atoms with Crippen LogP contribution in [0.5, 0.6) is 0 Å². The van der Waals surface area contributed by atoms with E-state index in [1.54, 1.807) is 0 Å². The summed E-state index contributed by atoms with van der Waals surface area (Å²) in [4.78, 5) is 0. The molecule has 0 aromatic rings. The largest absolute Gasteiger partial charge is 0.393 e. The van der Waals surface area contributed by atoms with Crippen LogP contribution in [0.2, 0.25) is 0 Å². The standard InChI is InChI=1S/C23H41NO/c1-22-13-11-21-19(20(22)9-7-16(22)5-3-4-14-24)8-6-17-15-18(25)10-12-23(17,21)2/h16-21,25H,3-15,24H2,1-2H3/t16-,17+,18+,19-,20-,21-,22+,23-/m0/s1. The molecule has 25 heavy (non-hydrogen) atoms. The SMILES string of the molecule is C[C@]12CC[C@@H](O)C[C@H]1CC[C@@H]1[C@@H]2CC[C@]2(C)[C@@H](CCCCN)CC[C@@H]12. The Morgan fingerprint density at radius 3 is 2.44 bits per heavy atom. The molecule has 0 unspecified atom stereocenters. The zero-order valence-electron chi connectivity index (χ0n) is 16.7. The molecule has 4 fully saturated rings. The van der Waals surface area contributed by atoms with E-state index < -0.39 is 0 Å². The second kappa shape index (κ2) is 6.82. The summed E-state index contributed by atoms with van der Waals surface area (Å²) in [5, 5.41) is 10.2. The van der Waals surface area contributed by atoms with Gasteiger partial charge in [0.1, 0.15) is 0 Å². The van der Waals surface area contributed by atoms with E-state index in [0.29, 0.717) is 10.8 Å². The molecule has 144 valence electrons. The first-order chi connectivity index (χ1) is 12.0. The maximum atomic E-state index is 10.2. The number of aliphatic hydroxyl groups excluding tert-OH is 1. The van der Waals surface area contributed by atoms with Crippen LogP contribution in [0.25, 0.3) is 0 Å². The molecular formula is C23H41NO. The highest BCUT2D eigenvalue weighted by molar-refractivity contribution is 5.09. The summed E-state index contributed by atoms with van der Waals surface area (Å²) in [6, 6.07) is 0. The van der Waals surface area contributed by atoms with E-state index in [0.717, 1.165) is 49.0 Å². The summed E-state index contributed by atoms with van der Waals surface area (Å²) in [7, 11) is 0. The Morgan fingerprint density at radius 1 is 0.880 bits per heavy atom. The minimum atomic E-state index is -0.0121. The highest BCUT2D eigenvalue weighted by Gasteiger charge is 2.59. The van der Waals surface area contributed by atoms with Crippen LogP contribution in [0.4, 0.5) is 0 Å². The topological polar surface area (TPSA) is 46.2 Å². The van der Waals surface area contributed by atoms with Gasteiger partial charge in [0.25, 0.3) is 0 Å². The molecule has 2 heteroatoms. The van der Waals surface area contributed by atoms with Crippen LogP contribution in [-0.4, -0.2) is 17.8 Å². The molecule has 4 aliphatic rings. The summed E-state index contributed by atoms with van der Waals surface area (Å²) in [6.07, 6.45) is 16.1. The molecule has 4 rings (SSSR count). The van der Waals surface area contributed by atoms with E-state index in [-0.39, 0.29) is 6.10 Å². The molecule has 2 nitrogen and oxygen atoms in total. The number of hydrogen-bond acceptors (Lipinski definition) is 2. The van der Waals surface area contributed by atoms with Gasteiger partial charge in [0.2, 0.25) is 0 Å². The minimum absolute atomic E-state index is 0.0121. The van der Waals surface area contributed by atoms with E-state index in [1.807, 2.05) is 0 Å². The van der Waals surface area contributed by atoms with Gasteiger partial charge in [-0.1, -0.05) is 20.3 Å². The van der Waals surface area contributed by atoms with Crippen molar-refractivity contribution < 1.29 is 5.11 Å². The third kappa shape index (κ3) is 2.90. The first kappa shape index (κ1) is 18.3. The molecule has 0 aromatic carbocycles. The smallest absolute Gasteiger partial charge is 0.0543 e. The van der Waals surface area contributed by atoms with Gasteiger partial charge >= 0.3 is 0 Å². The van der Waals surface area contributed by atoms with Gasteiger partial charge in [-0.15, -0.1) is 0 Å². The molecule has 0 bridgehead atoms. The van der Waals surface area contributed by atoms with Crippen molar-refractivity contribution in [3.63, 3.8) is 0 Å². The zero-order valence-corrected chi connectivity index (χ0v) is 16.7. The van der Waals surface area contributed by atoms with Gasteiger partial charge in [0.15, 0.2) is 0 Å². The van der Waals surface area contributed by atoms with Gasteiger partial charge in [0, 0.05) is 0 Å². The molecule has 0 heterocycles. The highest BCUT2D eigenvalue weighted by Crippen LogP contribution is 2.67. The van der Waals surface area contributed by atoms with Crippen LogP contribution < -0.4 is 5.73 Å². The normalized spacial score (nSPS) is 52.3. The first-order valence-electron chi connectivity index (χ1n) is 11.4. The van der Waals surface area contributed by atoms with Crippen molar-refractivity contribution in [2.75, 3.05) is 6.54 Å². The van der Waals surface area contributed by atoms with Crippen molar-refractivity contribution in [3.05, 3.63) is 0 Å². The van der Waals surface area contributed by atoms with Gasteiger partial charge in [-0.3, -0.25) is 0 Å². The monoisotopic (exact) mass is 347 g/mol. The van der Waals surface area contributed by atoms with Crippen LogP contribution in [0.15, 0.2) is 0 Å². The van der Waals surface area contributed by atoms with E-state index in [2.05, 4.69) is 13.8 Å². The van der Waals surface area contributed by atoms with Crippen molar-refractivity contribution in [1.82, 2.24) is 0 Å². The summed E-state index contributed by atoms with van der Waals surface area (Å²) in [5.74, 6) is 4.67. The van der Waals surface area contributed by atoms with E-state index >= 15 is 0 Å². The van der Waals surface area contributed by atoms with Gasteiger partial charge in [-0.05, 0) is 118 Å². The molecule has 4 saturated carbocycles. The van der Waals surface area contributed by atoms with Crippen LogP contribution in [0.3, 0.4) is 0 Å². The number of fused-ring (bicyclic) bond motifs is 5. The third-order valence-electron chi connectivity index (χ3n) is 9.84. The lowest BCUT2D eigenvalue weighted by Crippen LogP contribution is -2.53. The van der Waals surface area contributed by atoms with E-state index in [9.17, 15) is 5.11 Å². The first-order valence-corrected chi connectivity index (χ1v) is 11.4. The molecule has 8 atom stereocenters. The van der Waals surface area contributed by atoms with Crippen molar-refractivity contribution in [2.45, 2.75) is 97.0 Å². The Bertz CT molecular complexity index is 479. The molecule has 0 saturated heterocycles. The molecule has 0 aromatic heterocycles. The number of rotatable bonds is 4. The predicted octanol–water partition coefficient (Wildman–Crippen LogP) is 5.14. The van der Waals surface area contributed by atoms with Crippen molar-refractivity contribution in [3.8, 4) is 0 Å². The number of aliphatic hydroxyl groups is 1. The Morgan fingerprint density at radius 2 is 1.64 bits per heavy atom. The third-order valence-corrected chi connectivity index (χ3v) is 9.84.